The fourth-order valence-corrected chi connectivity index (χ4v) is 3.81. The van der Waals surface area contributed by atoms with E-state index in [9.17, 15) is 0 Å². The number of methoxy groups -OCH3 is 1. The van der Waals surface area contributed by atoms with Crippen molar-refractivity contribution >= 4 is 31.9 Å². The van der Waals surface area contributed by atoms with Gasteiger partial charge < -0.3 is 14.8 Å². The molecular weight excluding hydrogens is 386 g/mol. The molecule has 112 valence electrons. The van der Waals surface area contributed by atoms with Gasteiger partial charge in [-0.15, -0.1) is 0 Å². The quantitative estimate of drug-likeness (QED) is 0.777. The van der Waals surface area contributed by atoms with Crippen LogP contribution >= 0.6 is 31.9 Å². The van der Waals surface area contributed by atoms with Crippen molar-refractivity contribution in [2.45, 2.75) is 45.3 Å². The summed E-state index contributed by atoms with van der Waals surface area (Å²) in [6.07, 6.45) is 2.04. The molecule has 0 radical (unpaired) electrons. The zero-order valence-electron chi connectivity index (χ0n) is 12.3. The Bertz CT molecular complexity index is 503. The Morgan fingerprint density at radius 1 is 1.45 bits per heavy atom. The number of halogens is 2. The molecule has 0 spiro atoms. The second-order valence-electron chi connectivity index (χ2n) is 5.69. The van der Waals surface area contributed by atoms with Gasteiger partial charge in [0.05, 0.1) is 16.1 Å². The molecule has 1 aromatic rings. The van der Waals surface area contributed by atoms with Crippen LogP contribution in [0.3, 0.4) is 0 Å². The molecule has 1 atom stereocenters. The lowest BCUT2D eigenvalue weighted by molar-refractivity contribution is 0.0645. The fraction of sp³-hybridized carbons (Fsp3) is 0.600. The Kier molecular flexibility index (Phi) is 5.03. The van der Waals surface area contributed by atoms with E-state index in [1.165, 1.54) is 0 Å². The van der Waals surface area contributed by atoms with Gasteiger partial charge in [0, 0.05) is 18.0 Å². The monoisotopic (exact) mass is 405 g/mol. The first-order valence-corrected chi connectivity index (χ1v) is 8.46. The Labute approximate surface area is 137 Å². The number of fused-ring (bicyclic) bond motifs is 1. The lowest BCUT2D eigenvalue weighted by Crippen LogP contribution is -2.40. The van der Waals surface area contributed by atoms with Crippen LogP contribution in [0.15, 0.2) is 15.0 Å². The van der Waals surface area contributed by atoms with Crippen molar-refractivity contribution in [3.8, 4) is 11.5 Å². The molecule has 3 nitrogen and oxygen atoms in total. The molecule has 2 rings (SSSR count). The van der Waals surface area contributed by atoms with Crippen molar-refractivity contribution in [2.24, 2.45) is 0 Å². The predicted molar refractivity (Wildman–Crippen MR) is 88.8 cm³/mol. The Morgan fingerprint density at radius 2 is 2.15 bits per heavy atom. The summed E-state index contributed by atoms with van der Waals surface area (Å²) in [5, 5.41) is 3.62. The fourth-order valence-electron chi connectivity index (χ4n) is 2.57. The van der Waals surface area contributed by atoms with Gasteiger partial charge in [-0.05, 0) is 64.7 Å². The molecule has 1 aromatic carbocycles. The van der Waals surface area contributed by atoms with Gasteiger partial charge in [-0.1, -0.05) is 6.92 Å². The summed E-state index contributed by atoms with van der Waals surface area (Å²) in [4.78, 5) is 0. The summed E-state index contributed by atoms with van der Waals surface area (Å²) in [5.41, 5.74) is 0.957. The van der Waals surface area contributed by atoms with Crippen molar-refractivity contribution in [1.82, 2.24) is 5.32 Å². The van der Waals surface area contributed by atoms with Crippen LogP contribution in [-0.4, -0.2) is 19.3 Å². The molecule has 1 unspecified atom stereocenters. The molecule has 1 N–H and O–H groups in total. The van der Waals surface area contributed by atoms with Gasteiger partial charge in [0.1, 0.15) is 17.1 Å². The van der Waals surface area contributed by atoms with E-state index in [1.54, 1.807) is 7.11 Å². The van der Waals surface area contributed by atoms with E-state index in [1.807, 2.05) is 6.07 Å². The van der Waals surface area contributed by atoms with Crippen LogP contribution in [-0.2, 0) is 0 Å². The molecule has 0 amide bonds. The summed E-state index contributed by atoms with van der Waals surface area (Å²) in [5.74, 6) is 1.73. The highest BCUT2D eigenvalue weighted by atomic mass is 79.9. The first-order valence-electron chi connectivity index (χ1n) is 6.88. The second kappa shape index (κ2) is 6.24. The molecule has 0 saturated carbocycles. The summed E-state index contributed by atoms with van der Waals surface area (Å²) < 4.78 is 13.5. The molecule has 1 heterocycles. The highest BCUT2D eigenvalue weighted by molar-refractivity contribution is 9.11. The van der Waals surface area contributed by atoms with Crippen molar-refractivity contribution in [2.75, 3.05) is 13.7 Å². The summed E-state index contributed by atoms with van der Waals surface area (Å²) in [6.45, 7) is 7.42. The molecule has 0 bridgehead atoms. The highest BCUT2D eigenvalue weighted by Gasteiger charge is 2.37. The third kappa shape index (κ3) is 3.15. The number of rotatable bonds is 4. The van der Waals surface area contributed by atoms with E-state index < -0.39 is 0 Å². The second-order valence-corrected chi connectivity index (χ2v) is 7.34. The summed E-state index contributed by atoms with van der Waals surface area (Å²) in [7, 11) is 1.68. The van der Waals surface area contributed by atoms with Gasteiger partial charge in [-0.2, -0.15) is 0 Å². The Hall–Kier alpha value is -0.260. The maximum Gasteiger partial charge on any atom is 0.140 e. The summed E-state index contributed by atoms with van der Waals surface area (Å²) >= 11 is 7.27. The molecule has 0 aliphatic carbocycles. The number of nitrogens with one attached hydrogen (secondary N) is 1. The van der Waals surface area contributed by atoms with E-state index >= 15 is 0 Å². The zero-order chi connectivity index (χ0) is 14.9. The average molecular weight is 407 g/mol. The standard InChI is InChI=1S/C15H21Br2NO2/c1-5-6-18-10-8-15(2,3)20-14-9(16)7-11(19-4)13(17)12(10)14/h7,10,18H,5-6,8H2,1-4H3. The van der Waals surface area contributed by atoms with Crippen LogP contribution < -0.4 is 14.8 Å². The van der Waals surface area contributed by atoms with Crippen LogP contribution in [0.4, 0.5) is 0 Å². The molecule has 5 heteroatoms. The minimum absolute atomic E-state index is 0.186. The van der Waals surface area contributed by atoms with Gasteiger partial charge in [-0.3, -0.25) is 0 Å². The maximum absolute atomic E-state index is 6.17. The Morgan fingerprint density at radius 3 is 2.75 bits per heavy atom. The van der Waals surface area contributed by atoms with Crippen LogP contribution in [0.2, 0.25) is 0 Å². The van der Waals surface area contributed by atoms with Gasteiger partial charge >= 0.3 is 0 Å². The minimum atomic E-state index is -0.186. The normalized spacial score (nSPS) is 20.2. The maximum atomic E-state index is 6.17. The number of benzene rings is 1. The van der Waals surface area contributed by atoms with E-state index in [0.717, 1.165) is 45.4 Å². The smallest absolute Gasteiger partial charge is 0.140 e. The van der Waals surface area contributed by atoms with E-state index in [-0.39, 0.29) is 11.6 Å². The zero-order valence-corrected chi connectivity index (χ0v) is 15.5. The molecule has 1 aliphatic heterocycles. The first-order chi connectivity index (χ1) is 9.39. The van der Waals surface area contributed by atoms with E-state index in [4.69, 9.17) is 9.47 Å². The van der Waals surface area contributed by atoms with Crippen LogP contribution in [0.25, 0.3) is 0 Å². The van der Waals surface area contributed by atoms with E-state index in [0.29, 0.717) is 0 Å². The Balaban J connectivity index is 2.52. The van der Waals surface area contributed by atoms with Crippen LogP contribution in [0, 0.1) is 0 Å². The highest BCUT2D eigenvalue weighted by Crippen LogP contribution is 2.50. The lowest BCUT2D eigenvalue weighted by Gasteiger charge is -2.39. The number of hydrogen-bond acceptors (Lipinski definition) is 3. The molecule has 20 heavy (non-hydrogen) atoms. The lowest BCUT2D eigenvalue weighted by atomic mass is 9.89. The molecular formula is C15H21Br2NO2. The average Bonchev–Trinajstić information content (AvgIpc) is 2.38. The number of hydrogen-bond donors (Lipinski definition) is 1. The van der Waals surface area contributed by atoms with Crippen LogP contribution in [0.5, 0.6) is 11.5 Å². The van der Waals surface area contributed by atoms with Crippen molar-refractivity contribution < 1.29 is 9.47 Å². The minimum Gasteiger partial charge on any atom is -0.496 e. The van der Waals surface area contributed by atoms with Crippen molar-refractivity contribution in [3.63, 3.8) is 0 Å². The summed E-state index contributed by atoms with van der Waals surface area (Å²) in [6, 6.07) is 2.20. The van der Waals surface area contributed by atoms with Gasteiger partial charge in [0.25, 0.3) is 0 Å². The third-order valence-corrected chi connectivity index (χ3v) is 4.86. The van der Waals surface area contributed by atoms with Gasteiger partial charge in [0.2, 0.25) is 0 Å². The van der Waals surface area contributed by atoms with Gasteiger partial charge in [-0.25, -0.2) is 0 Å². The number of ether oxygens (including phenoxy) is 2. The predicted octanol–water partition coefficient (Wildman–Crippen LogP) is 4.82. The molecule has 0 fully saturated rings. The van der Waals surface area contributed by atoms with Crippen molar-refractivity contribution in [1.29, 1.82) is 0 Å². The topological polar surface area (TPSA) is 30.5 Å². The molecule has 1 aliphatic rings. The largest absolute Gasteiger partial charge is 0.496 e. The molecule has 0 saturated heterocycles. The SMILES string of the molecule is CCCNC1CC(C)(C)Oc2c(Br)cc(OC)c(Br)c21. The first kappa shape index (κ1) is 16.1. The van der Waals surface area contributed by atoms with Crippen LogP contribution in [0.1, 0.15) is 45.2 Å². The van der Waals surface area contributed by atoms with E-state index in [2.05, 4.69) is 57.9 Å². The van der Waals surface area contributed by atoms with Crippen molar-refractivity contribution in [3.05, 3.63) is 20.6 Å². The third-order valence-electron chi connectivity index (χ3n) is 3.46. The van der Waals surface area contributed by atoms with Gasteiger partial charge in [0.15, 0.2) is 0 Å². The molecule has 0 aromatic heterocycles.